The molecular weight excluding hydrogens is 1150 g/mol. The molecule has 410 valence electrons. The molecule has 0 fully saturated rings. The molecule has 0 amide bonds. The van der Waals surface area contributed by atoms with Gasteiger partial charge in [0.1, 0.15) is 37.1 Å². The van der Waals surface area contributed by atoms with Gasteiger partial charge in [-0.2, -0.15) is 77.6 Å². The van der Waals surface area contributed by atoms with Crippen molar-refractivity contribution < 1.29 is 70.0 Å². The Hall–Kier alpha value is -8.57. The highest BCUT2D eigenvalue weighted by atomic mass is 32.2. The number of azo groups is 4. The van der Waals surface area contributed by atoms with Gasteiger partial charge in [-0.3, -0.25) is 22.8 Å². The maximum absolute atomic E-state index is 12.8. The summed E-state index contributed by atoms with van der Waals surface area (Å²) in [6.45, 7) is 6.85. The largest absolute Gasteiger partial charge is 0.505 e. The number of hydrogen-bond acceptors (Lipinski definition) is 21. The summed E-state index contributed by atoms with van der Waals surface area (Å²) in [5, 5.41) is 53.6. The number of nitrogens with zero attached hydrogens (tertiary/aromatic N) is 11. The van der Waals surface area contributed by atoms with Gasteiger partial charge in [-0.25, -0.2) is 0 Å². The van der Waals surface area contributed by atoms with Crippen LogP contribution in [0.1, 0.15) is 22.3 Å². The van der Waals surface area contributed by atoms with E-state index in [0.717, 1.165) is 29.1 Å². The summed E-state index contributed by atoms with van der Waals surface area (Å²) < 4.78 is 170. The maximum Gasteiger partial charge on any atom is 0.296 e. The number of fused-ring (bicyclic) bond motifs is 4. The third-order valence-electron chi connectivity index (χ3n) is 12.0. The lowest BCUT2D eigenvalue weighted by atomic mass is 10.1. The molecule has 0 radical (unpaired) electrons. The van der Waals surface area contributed by atoms with Gasteiger partial charge in [0, 0.05) is 16.2 Å². The average molecular weight is 1180 g/mol. The highest BCUT2D eigenvalue weighted by molar-refractivity contribution is 7.87. The number of phenolic OH excluding ortho intramolecular Hbond substituents is 1. The first-order valence-corrected chi connectivity index (χ1v) is 29.7. The summed E-state index contributed by atoms with van der Waals surface area (Å²) >= 11 is 0. The summed E-state index contributed by atoms with van der Waals surface area (Å²) in [7, 11) is -24.8. The fourth-order valence-corrected chi connectivity index (χ4v) is 11.2. The van der Waals surface area contributed by atoms with Crippen LogP contribution < -0.4 is 0 Å². The monoisotopic (exact) mass is 1180 g/mol. The van der Waals surface area contributed by atoms with Gasteiger partial charge in [-0.15, -0.1) is 20.4 Å². The zero-order chi connectivity index (χ0) is 58.0. The van der Waals surface area contributed by atoms with Crippen molar-refractivity contribution in [1.29, 1.82) is 0 Å². The van der Waals surface area contributed by atoms with Gasteiger partial charge in [0.15, 0.2) is 5.75 Å². The fraction of sp³-hybridized carbons (Fsp3) is 0.0833. The van der Waals surface area contributed by atoms with Crippen LogP contribution in [0.2, 0.25) is 0 Å². The molecule has 27 nitrogen and oxygen atoms in total. The van der Waals surface area contributed by atoms with Gasteiger partial charge in [-0.05, 0) is 165 Å². The van der Waals surface area contributed by atoms with Gasteiger partial charge in [0.25, 0.3) is 50.6 Å². The molecule has 0 unspecified atom stereocenters. The molecule has 0 aliphatic rings. The Morgan fingerprint density at radius 2 is 0.875 bits per heavy atom. The molecule has 0 aliphatic heterocycles. The molecule has 9 rings (SSSR count). The molecule has 0 saturated heterocycles. The van der Waals surface area contributed by atoms with Crippen molar-refractivity contribution in [3.05, 3.63) is 138 Å². The van der Waals surface area contributed by atoms with Crippen LogP contribution in [-0.4, -0.2) is 85.0 Å². The number of hydrogen-bond donors (Lipinski definition) is 6. The minimum absolute atomic E-state index is 0.0511. The topological polar surface area (TPSA) is 422 Å². The standard InChI is InChI=1S/C48H37N11O16S5/c1-24-15-30(5-11-37(24)51-49-29-6-12-38(25(2)16-29)52-53-39-13-8-32(76(61,62)63)22-44(39)79(70,71)72)50-54-41-17-27(4)42(18-26(41)3)55-56-47-45(80(73,74)75)20-28-19-31(7-9-34(28)48(47)60)59-57-40-14-10-35-36(46(40)58-59)21-33(77(64,65)66)23-43(35)78(67,68)69/h5-23,60H,1-4H3,(H,61,62,63)(H,64,65,66)(H,67,68,69)(H,70,71,72)(H,73,74,75). The van der Waals surface area contributed by atoms with Gasteiger partial charge in [-0.1, -0.05) is 6.07 Å². The summed E-state index contributed by atoms with van der Waals surface area (Å²) in [4.78, 5) is -3.08. The van der Waals surface area contributed by atoms with Gasteiger partial charge >= 0.3 is 0 Å². The molecular formula is C48H37N11O16S5. The second-order valence-corrected chi connectivity index (χ2v) is 24.6. The van der Waals surface area contributed by atoms with Crippen molar-refractivity contribution >= 4 is 129 Å². The van der Waals surface area contributed by atoms with E-state index in [9.17, 15) is 70.0 Å². The summed E-state index contributed by atoms with van der Waals surface area (Å²) in [5.74, 6) is -0.672. The number of benzene rings is 8. The third-order valence-corrected chi connectivity index (χ3v) is 16.3. The summed E-state index contributed by atoms with van der Waals surface area (Å²) in [6.07, 6.45) is 0. The van der Waals surface area contributed by atoms with Crippen LogP contribution in [-0.2, 0) is 50.6 Å². The van der Waals surface area contributed by atoms with Crippen molar-refractivity contribution in [2.24, 2.45) is 40.9 Å². The first kappa shape index (κ1) is 56.2. The highest BCUT2D eigenvalue weighted by Gasteiger charge is 2.26. The van der Waals surface area contributed by atoms with Crippen molar-refractivity contribution in [1.82, 2.24) is 15.0 Å². The van der Waals surface area contributed by atoms with Crippen LogP contribution in [0.3, 0.4) is 0 Å². The minimum Gasteiger partial charge on any atom is -0.505 e. The van der Waals surface area contributed by atoms with Crippen molar-refractivity contribution in [2.45, 2.75) is 52.2 Å². The van der Waals surface area contributed by atoms with E-state index in [1.165, 1.54) is 36.4 Å². The van der Waals surface area contributed by atoms with Crippen LogP contribution in [0.25, 0.3) is 38.3 Å². The lowest BCUT2D eigenvalue weighted by Gasteiger charge is -2.10. The average Bonchev–Trinajstić information content (AvgIpc) is 4.03. The molecule has 0 bridgehead atoms. The number of aromatic nitrogens is 3. The van der Waals surface area contributed by atoms with E-state index in [-0.39, 0.29) is 55.3 Å². The van der Waals surface area contributed by atoms with Crippen molar-refractivity contribution in [2.75, 3.05) is 0 Å². The second kappa shape index (κ2) is 20.6. The molecule has 1 heterocycles. The Morgan fingerprint density at radius 1 is 0.388 bits per heavy atom. The number of phenols is 1. The van der Waals surface area contributed by atoms with Crippen LogP contribution in [0.15, 0.2) is 181 Å². The second-order valence-electron chi connectivity index (χ2n) is 17.6. The Morgan fingerprint density at radius 3 is 1.43 bits per heavy atom. The Bertz CT molecular complexity index is 4880. The number of aryl methyl sites for hydroxylation is 4. The molecule has 80 heavy (non-hydrogen) atoms. The van der Waals surface area contributed by atoms with E-state index < -0.39 is 86.5 Å². The molecule has 9 aromatic rings. The van der Waals surface area contributed by atoms with Crippen LogP contribution in [0.4, 0.5) is 45.5 Å². The van der Waals surface area contributed by atoms with E-state index >= 15 is 0 Å². The molecule has 6 N–H and O–H groups in total. The first-order valence-electron chi connectivity index (χ1n) is 22.5. The summed E-state index contributed by atoms with van der Waals surface area (Å²) in [5.41, 5.74) is 3.90. The smallest absolute Gasteiger partial charge is 0.296 e. The normalized spacial score (nSPS) is 13.2. The van der Waals surface area contributed by atoms with E-state index in [1.807, 2.05) is 0 Å². The predicted molar refractivity (Wildman–Crippen MR) is 286 cm³/mol. The zero-order valence-electron chi connectivity index (χ0n) is 41.2. The number of rotatable bonds is 14. The molecule has 0 atom stereocenters. The van der Waals surface area contributed by atoms with Gasteiger partial charge < -0.3 is 5.11 Å². The quantitative estimate of drug-likeness (QED) is 0.0435. The summed E-state index contributed by atoms with van der Waals surface area (Å²) in [6, 6.07) is 24.8. The van der Waals surface area contributed by atoms with E-state index in [4.69, 9.17) is 0 Å². The fourth-order valence-electron chi connectivity index (χ4n) is 8.00. The first-order chi connectivity index (χ1) is 37.3. The lowest BCUT2D eigenvalue weighted by Crippen LogP contribution is -2.04. The Kier molecular flexibility index (Phi) is 14.4. The van der Waals surface area contributed by atoms with Gasteiger partial charge in [0.2, 0.25) is 0 Å². The minimum atomic E-state index is -5.08. The molecule has 32 heteroatoms. The third kappa shape index (κ3) is 11.7. The van der Waals surface area contributed by atoms with Crippen LogP contribution in [0.5, 0.6) is 5.75 Å². The van der Waals surface area contributed by atoms with E-state index in [0.29, 0.717) is 57.1 Å². The van der Waals surface area contributed by atoms with Gasteiger partial charge in [0.05, 0.1) is 49.6 Å². The molecule has 8 aromatic carbocycles. The molecule has 1 aromatic heterocycles. The van der Waals surface area contributed by atoms with E-state index in [2.05, 4.69) is 51.1 Å². The SMILES string of the molecule is Cc1cc(N=Nc2cc(C)c(N=Nc3c(S(=O)(=O)O)cc4cc(-n5nc6ccc7c(S(=O)(=O)O)cc(S(=O)(=O)O)cc7c6n5)ccc4c3O)cc2C)ccc1N=Nc1ccc(N=Nc2ccc(S(=O)(=O)O)cc2S(=O)(=O)O)c(C)c1. The van der Waals surface area contributed by atoms with Crippen molar-refractivity contribution in [3.8, 4) is 11.4 Å². The molecule has 0 saturated carbocycles. The van der Waals surface area contributed by atoms with Crippen LogP contribution >= 0.6 is 0 Å². The van der Waals surface area contributed by atoms with E-state index in [1.54, 1.807) is 70.2 Å². The molecule has 0 spiro atoms. The van der Waals surface area contributed by atoms with Crippen molar-refractivity contribution in [3.63, 3.8) is 0 Å². The Balaban J connectivity index is 0.922. The number of aromatic hydroxyl groups is 1. The zero-order valence-corrected chi connectivity index (χ0v) is 45.3. The van der Waals surface area contributed by atoms with Crippen LogP contribution in [0, 0.1) is 27.7 Å². The maximum atomic E-state index is 12.8. The highest BCUT2D eigenvalue weighted by Crippen LogP contribution is 2.43. The lowest BCUT2D eigenvalue weighted by molar-refractivity contribution is 0.472. The predicted octanol–water partition coefficient (Wildman–Crippen LogP) is 11.6. The Labute approximate surface area is 453 Å². The molecule has 0 aliphatic carbocycles.